The Bertz CT molecular complexity index is 548. The van der Waals surface area contributed by atoms with Crippen molar-refractivity contribution in [1.82, 2.24) is 0 Å². The zero-order valence-electron chi connectivity index (χ0n) is 11.3. The van der Waals surface area contributed by atoms with Gasteiger partial charge in [0.2, 0.25) is 0 Å². The molecular formula is C8H10F8O6S2. The van der Waals surface area contributed by atoms with Crippen molar-refractivity contribution in [3.63, 3.8) is 0 Å². The first kappa shape index (κ1) is 23.3. The van der Waals surface area contributed by atoms with Gasteiger partial charge in [0.1, 0.15) is 0 Å². The number of unbranched alkanes of at least 4 members (excludes halogenated alkanes) is 1. The van der Waals surface area contributed by atoms with Crippen LogP contribution in [0.1, 0.15) is 12.8 Å². The summed E-state index contributed by atoms with van der Waals surface area (Å²) in [7, 11) is -11.9. The third kappa shape index (κ3) is 5.38. The molecule has 0 saturated carbocycles. The van der Waals surface area contributed by atoms with E-state index in [2.05, 4.69) is 8.37 Å². The van der Waals surface area contributed by atoms with Crippen LogP contribution < -0.4 is 0 Å². The predicted octanol–water partition coefficient (Wildman–Crippen LogP) is 2.18. The maximum absolute atomic E-state index is 12.5. The summed E-state index contributed by atoms with van der Waals surface area (Å²) < 4.78 is 147. The van der Waals surface area contributed by atoms with Crippen LogP contribution in [0.2, 0.25) is 0 Å². The SMILES string of the molecule is O=S(=O)(OCCCCOS(=O)(=O)C(F)(F)C(F)F)C(F)(F)C(F)F. The van der Waals surface area contributed by atoms with E-state index in [4.69, 9.17) is 0 Å². The molecule has 0 rings (SSSR count). The summed E-state index contributed by atoms with van der Waals surface area (Å²) in [6, 6.07) is 0. The van der Waals surface area contributed by atoms with Crippen molar-refractivity contribution in [2.45, 2.75) is 36.2 Å². The van der Waals surface area contributed by atoms with Crippen LogP contribution in [0.25, 0.3) is 0 Å². The molecule has 0 N–H and O–H groups in total. The lowest BCUT2D eigenvalue weighted by atomic mass is 10.3. The monoisotopic (exact) mass is 418 g/mol. The summed E-state index contributed by atoms with van der Waals surface area (Å²) in [6.45, 7) is -2.25. The summed E-state index contributed by atoms with van der Waals surface area (Å²) in [5.41, 5.74) is 0. The Balaban J connectivity index is 4.36. The van der Waals surface area contributed by atoms with Gasteiger partial charge in [0.05, 0.1) is 13.2 Å². The van der Waals surface area contributed by atoms with Gasteiger partial charge in [0.15, 0.2) is 0 Å². The van der Waals surface area contributed by atoms with Gasteiger partial charge in [0.25, 0.3) is 0 Å². The average molecular weight is 418 g/mol. The van der Waals surface area contributed by atoms with Crippen LogP contribution in [0.4, 0.5) is 35.1 Å². The Morgan fingerprint density at radius 3 is 1.12 bits per heavy atom. The molecule has 0 saturated heterocycles. The first-order valence-corrected chi connectivity index (χ1v) is 8.51. The van der Waals surface area contributed by atoms with Gasteiger partial charge in [-0.25, -0.2) is 17.6 Å². The van der Waals surface area contributed by atoms with Crippen LogP contribution in [0, 0.1) is 0 Å². The highest BCUT2D eigenvalue weighted by Gasteiger charge is 2.56. The lowest BCUT2D eigenvalue weighted by Crippen LogP contribution is -2.38. The molecule has 0 spiro atoms. The minimum absolute atomic E-state index is 0.603. The fourth-order valence-corrected chi connectivity index (χ4v) is 2.34. The van der Waals surface area contributed by atoms with Gasteiger partial charge in [-0.3, -0.25) is 8.37 Å². The molecule has 0 unspecified atom stereocenters. The molecule has 0 atom stereocenters. The highest BCUT2D eigenvalue weighted by molar-refractivity contribution is 7.88. The molecule has 0 heterocycles. The molecule has 24 heavy (non-hydrogen) atoms. The summed E-state index contributed by atoms with van der Waals surface area (Å²) in [4.78, 5) is 0. The summed E-state index contributed by atoms with van der Waals surface area (Å²) in [5, 5.41) is -11.0. The van der Waals surface area contributed by atoms with E-state index < -0.39 is 69.7 Å². The number of hydrogen-bond acceptors (Lipinski definition) is 6. The van der Waals surface area contributed by atoms with Crippen LogP contribution in [0.5, 0.6) is 0 Å². The molecule has 16 heteroatoms. The maximum Gasteiger partial charge on any atom is 0.428 e. The lowest BCUT2D eigenvalue weighted by Gasteiger charge is -2.16. The summed E-state index contributed by atoms with van der Waals surface area (Å²) in [6.07, 6.45) is -10.3. The second kappa shape index (κ2) is 8.09. The molecule has 0 amide bonds. The van der Waals surface area contributed by atoms with Crippen molar-refractivity contribution >= 4 is 20.2 Å². The van der Waals surface area contributed by atoms with Crippen molar-refractivity contribution in [2.75, 3.05) is 13.2 Å². The summed E-state index contributed by atoms with van der Waals surface area (Å²) in [5.74, 6) is 0. The molecule has 0 fully saturated rings. The van der Waals surface area contributed by atoms with Gasteiger partial charge in [-0.1, -0.05) is 0 Å². The molecule has 0 aromatic carbocycles. The molecule has 0 radical (unpaired) electrons. The minimum atomic E-state index is -5.97. The Kier molecular flexibility index (Phi) is 7.84. The fraction of sp³-hybridized carbons (Fsp3) is 1.00. The minimum Gasteiger partial charge on any atom is -0.265 e. The van der Waals surface area contributed by atoms with Crippen LogP contribution in [-0.2, 0) is 28.6 Å². The van der Waals surface area contributed by atoms with E-state index >= 15 is 0 Å². The third-order valence-electron chi connectivity index (χ3n) is 2.19. The Labute approximate surface area is 131 Å². The van der Waals surface area contributed by atoms with Gasteiger partial charge in [0, 0.05) is 0 Å². The first-order chi connectivity index (χ1) is 10.6. The first-order valence-electron chi connectivity index (χ1n) is 5.69. The van der Waals surface area contributed by atoms with E-state index in [-0.39, 0.29) is 0 Å². The van der Waals surface area contributed by atoms with Crippen molar-refractivity contribution in [3.8, 4) is 0 Å². The van der Waals surface area contributed by atoms with Crippen molar-refractivity contribution in [3.05, 3.63) is 0 Å². The van der Waals surface area contributed by atoms with Gasteiger partial charge in [-0.15, -0.1) is 0 Å². The van der Waals surface area contributed by atoms with Gasteiger partial charge in [-0.05, 0) is 12.8 Å². The molecule has 0 aromatic heterocycles. The van der Waals surface area contributed by atoms with E-state index in [1.54, 1.807) is 0 Å². The van der Waals surface area contributed by atoms with Gasteiger partial charge >= 0.3 is 43.6 Å². The Morgan fingerprint density at radius 1 is 0.667 bits per heavy atom. The second-order valence-corrected chi connectivity index (χ2v) is 7.36. The van der Waals surface area contributed by atoms with Crippen molar-refractivity contribution in [1.29, 1.82) is 0 Å². The molecule has 0 aromatic rings. The molecule has 0 aliphatic heterocycles. The maximum atomic E-state index is 12.5. The third-order valence-corrected chi connectivity index (χ3v) is 4.83. The molecule has 146 valence electrons. The van der Waals surface area contributed by atoms with E-state index in [9.17, 15) is 52.0 Å². The zero-order valence-corrected chi connectivity index (χ0v) is 12.9. The molecule has 6 nitrogen and oxygen atoms in total. The Hall–Kier alpha value is -0.740. The normalized spacial score (nSPS) is 14.6. The lowest BCUT2D eigenvalue weighted by molar-refractivity contribution is -0.0714. The standard InChI is InChI=1S/C8H10F8O6S2/c9-5(10)7(13,14)23(17,18)21-3-1-2-4-22-24(19,20)8(15,16)6(11)12/h5-6H,1-4H2. The van der Waals surface area contributed by atoms with Crippen molar-refractivity contribution < 1.29 is 60.3 Å². The largest absolute Gasteiger partial charge is 0.428 e. The quantitative estimate of drug-likeness (QED) is 0.291. The van der Waals surface area contributed by atoms with Crippen LogP contribution >= 0.6 is 0 Å². The molecule has 0 bridgehead atoms. The molecule has 0 aliphatic rings. The second-order valence-electron chi connectivity index (χ2n) is 3.98. The smallest absolute Gasteiger partial charge is 0.265 e. The van der Waals surface area contributed by atoms with E-state index in [1.807, 2.05) is 0 Å². The van der Waals surface area contributed by atoms with Crippen LogP contribution in [0.15, 0.2) is 0 Å². The van der Waals surface area contributed by atoms with Crippen LogP contribution in [0.3, 0.4) is 0 Å². The number of halogens is 8. The highest BCUT2D eigenvalue weighted by Crippen LogP contribution is 2.31. The molecular weight excluding hydrogens is 408 g/mol. The fourth-order valence-electron chi connectivity index (χ4n) is 0.917. The highest BCUT2D eigenvalue weighted by atomic mass is 32.2. The zero-order chi connectivity index (χ0) is 19.4. The van der Waals surface area contributed by atoms with E-state index in [0.717, 1.165) is 0 Å². The van der Waals surface area contributed by atoms with E-state index in [1.165, 1.54) is 0 Å². The topological polar surface area (TPSA) is 86.7 Å². The number of rotatable bonds is 11. The molecule has 0 aliphatic carbocycles. The van der Waals surface area contributed by atoms with Crippen LogP contribution in [-0.4, -0.2) is 53.4 Å². The average Bonchev–Trinajstić information content (AvgIpc) is 2.41. The van der Waals surface area contributed by atoms with E-state index in [0.29, 0.717) is 0 Å². The predicted molar refractivity (Wildman–Crippen MR) is 60.9 cm³/mol. The van der Waals surface area contributed by atoms with Gasteiger partial charge < -0.3 is 0 Å². The Morgan fingerprint density at radius 2 is 0.917 bits per heavy atom. The number of alkyl halides is 8. The summed E-state index contributed by atoms with van der Waals surface area (Å²) >= 11 is 0. The number of hydrogen-bond donors (Lipinski definition) is 0. The van der Waals surface area contributed by atoms with Crippen molar-refractivity contribution in [2.24, 2.45) is 0 Å². The van der Waals surface area contributed by atoms with Gasteiger partial charge in [-0.2, -0.15) is 34.4 Å².